The van der Waals surface area contributed by atoms with E-state index < -0.39 is 46.5 Å². The van der Waals surface area contributed by atoms with Crippen molar-refractivity contribution in [1.82, 2.24) is 20.0 Å². The molecule has 1 saturated carbocycles. The van der Waals surface area contributed by atoms with Crippen LogP contribution in [0.2, 0.25) is 0 Å². The summed E-state index contributed by atoms with van der Waals surface area (Å²) in [5.41, 5.74) is -1.21. The van der Waals surface area contributed by atoms with Crippen LogP contribution in [-0.4, -0.2) is 42.6 Å². The van der Waals surface area contributed by atoms with Crippen LogP contribution >= 0.6 is 11.3 Å². The van der Waals surface area contributed by atoms with Gasteiger partial charge < -0.3 is 10.0 Å². The highest BCUT2D eigenvalue weighted by molar-refractivity contribution is 7.14. The monoisotopic (exact) mass is 478 g/mol. The van der Waals surface area contributed by atoms with Gasteiger partial charge in [-0.1, -0.05) is 17.4 Å². The predicted molar refractivity (Wildman–Crippen MR) is 107 cm³/mol. The second-order valence-corrected chi connectivity index (χ2v) is 8.85. The molecular formula is C21H14F4N4O3S. The number of phenols is 1. The molecule has 3 aromatic rings. The van der Waals surface area contributed by atoms with Crippen LogP contribution in [0.1, 0.15) is 23.4 Å². The number of aromatic nitrogens is 2. The van der Waals surface area contributed by atoms with Gasteiger partial charge in [-0.05, 0) is 31.0 Å². The molecule has 1 aromatic heterocycles. The fraction of sp³-hybridized carbons (Fsp3) is 0.238. The van der Waals surface area contributed by atoms with Crippen molar-refractivity contribution < 1.29 is 32.3 Å². The standard InChI is InChI=1S/C21H14F4N4O3S/c22-11-2-1-10(14(24)7-11)8-28-19(31)21(5-6-21)29(20(28)32)9-15-26-27-18(33-15)12-3-4-13(23)17(30)16(12)25/h1-4,7,30H,5-6,8-9H2. The van der Waals surface area contributed by atoms with Gasteiger partial charge in [-0.15, -0.1) is 10.2 Å². The highest BCUT2D eigenvalue weighted by atomic mass is 32.1. The van der Waals surface area contributed by atoms with Crippen LogP contribution in [0, 0.1) is 23.3 Å². The Labute approximate surface area is 187 Å². The molecule has 2 heterocycles. The van der Waals surface area contributed by atoms with E-state index in [9.17, 15) is 32.3 Å². The molecule has 33 heavy (non-hydrogen) atoms. The molecule has 0 radical (unpaired) electrons. The number of hydrogen-bond acceptors (Lipinski definition) is 6. The molecule has 12 heteroatoms. The van der Waals surface area contributed by atoms with Gasteiger partial charge in [0.25, 0.3) is 5.91 Å². The first kappa shape index (κ1) is 21.3. The lowest BCUT2D eigenvalue weighted by molar-refractivity contribution is -0.129. The molecule has 1 spiro atoms. The van der Waals surface area contributed by atoms with Crippen LogP contribution in [0.15, 0.2) is 30.3 Å². The van der Waals surface area contributed by atoms with Crippen molar-refractivity contribution in [2.45, 2.75) is 31.5 Å². The van der Waals surface area contributed by atoms with Crippen LogP contribution in [0.3, 0.4) is 0 Å². The number of phenolic OH excluding ortho intramolecular Hbond substituents is 1. The number of benzene rings is 2. The third-order valence-corrected chi connectivity index (χ3v) is 6.69. The van der Waals surface area contributed by atoms with Gasteiger partial charge in [-0.3, -0.25) is 9.69 Å². The Balaban J connectivity index is 1.39. The molecule has 0 unspecified atom stereocenters. The molecule has 1 aliphatic carbocycles. The van der Waals surface area contributed by atoms with Crippen molar-refractivity contribution in [3.8, 4) is 16.3 Å². The molecule has 2 fully saturated rings. The highest BCUT2D eigenvalue weighted by Crippen LogP contribution is 2.49. The fourth-order valence-corrected chi connectivity index (χ4v) is 4.68. The molecule has 0 bridgehead atoms. The van der Waals surface area contributed by atoms with Crippen molar-refractivity contribution in [1.29, 1.82) is 0 Å². The van der Waals surface area contributed by atoms with E-state index in [1.807, 2.05) is 0 Å². The summed E-state index contributed by atoms with van der Waals surface area (Å²) in [6, 6.07) is 4.26. The van der Waals surface area contributed by atoms with Crippen molar-refractivity contribution in [3.05, 3.63) is 64.2 Å². The average Bonchev–Trinajstić information content (AvgIpc) is 3.41. The Morgan fingerprint density at radius 2 is 1.76 bits per heavy atom. The number of hydrogen-bond donors (Lipinski definition) is 1. The largest absolute Gasteiger partial charge is 0.503 e. The van der Waals surface area contributed by atoms with Gasteiger partial charge in [0.15, 0.2) is 22.4 Å². The number of carbonyl (C=O) groups is 2. The number of aromatic hydroxyl groups is 1. The Morgan fingerprint density at radius 1 is 1.00 bits per heavy atom. The summed E-state index contributed by atoms with van der Waals surface area (Å²) in [5.74, 6) is -5.54. The lowest BCUT2D eigenvalue weighted by Crippen LogP contribution is -2.36. The Bertz CT molecular complexity index is 1310. The van der Waals surface area contributed by atoms with E-state index >= 15 is 0 Å². The molecule has 0 atom stereocenters. The zero-order valence-electron chi connectivity index (χ0n) is 16.7. The summed E-state index contributed by atoms with van der Waals surface area (Å²) in [6.07, 6.45) is 0.845. The van der Waals surface area contributed by atoms with Gasteiger partial charge >= 0.3 is 6.03 Å². The maximum Gasteiger partial charge on any atom is 0.328 e. The normalized spacial score (nSPS) is 16.8. The summed E-state index contributed by atoms with van der Waals surface area (Å²) in [6.45, 7) is -0.442. The van der Waals surface area contributed by atoms with Gasteiger partial charge in [-0.2, -0.15) is 0 Å². The van der Waals surface area contributed by atoms with E-state index in [-0.39, 0.29) is 34.2 Å². The smallest absolute Gasteiger partial charge is 0.328 e. The van der Waals surface area contributed by atoms with Crippen LogP contribution in [0.25, 0.3) is 10.6 Å². The molecule has 1 N–H and O–H groups in total. The Morgan fingerprint density at radius 3 is 2.45 bits per heavy atom. The van der Waals surface area contributed by atoms with Gasteiger partial charge in [-0.25, -0.2) is 22.4 Å². The van der Waals surface area contributed by atoms with Crippen LogP contribution in [0.4, 0.5) is 22.4 Å². The quantitative estimate of drug-likeness (QED) is 0.443. The van der Waals surface area contributed by atoms with Gasteiger partial charge in [0.1, 0.15) is 22.2 Å². The first-order valence-corrected chi connectivity index (χ1v) is 10.6. The van der Waals surface area contributed by atoms with Gasteiger partial charge in [0, 0.05) is 11.6 Å². The van der Waals surface area contributed by atoms with Crippen LogP contribution in [0.5, 0.6) is 5.75 Å². The first-order chi connectivity index (χ1) is 15.7. The average molecular weight is 478 g/mol. The maximum atomic E-state index is 14.2. The van der Waals surface area contributed by atoms with Gasteiger partial charge in [0.05, 0.1) is 18.7 Å². The fourth-order valence-electron chi connectivity index (χ4n) is 3.83. The van der Waals surface area contributed by atoms with Crippen LogP contribution < -0.4 is 0 Å². The number of carbonyl (C=O) groups excluding carboxylic acids is 2. The summed E-state index contributed by atoms with van der Waals surface area (Å²) in [5, 5.41) is 17.6. The van der Waals surface area contributed by atoms with Crippen molar-refractivity contribution >= 4 is 23.3 Å². The minimum Gasteiger partial charge on any atom is -0.503 e. The highest BCUT2D eigenvalue weighted by Gasteiger charge is 2.64. The second-order valence-electron chi connectivity index (χ2n) is 7.79. The Hall–Kier alpha value is -3.54. The second kappa shape index (κ2) is 7.51. The molecule has 1 saturated heterocycles. The molecule has 170 valence electrons. The summed E-state index contributed by atoms with van der Waals surface area (Å²) in [4.78, 5) is 28.2. The summed E-state index contributed by atoms with van der Waals surface area (Å²) < 4.78 is 54.8. The predicted octanol–water partition coefficient (Wildman–Crippen LogP) is 3.96. The molecule has 7 nitrogen and oxygen atoms in total. The molecule has 1 aliphatic heterocycles. The van der Waals surface area contributed by atoms with E-state index in [0.29, 0.717) is 18.9 Å². The molecule has 3 amide bonds. The van der Waals surface area contributed by atoms with E-state index in [1.54, 1.807) is 0 Å². The number of imide groups is 1. The third kappa shape index (κ3) is 3.41. The summed E-state index contributed by atoms with van der Waals surface area (Å²) >= 11 is 0.921. The van der Waals surface area contributed by atoms with E-state index in [2.05, 4.69) is 10.2 Å². The van der Waals surface area contributed by atoms with E-state index in [4.69, 9.17) is 0 Å². The zero-order chi connectivity index (χ0) is 23.5. The van der Waals surface area contributed by atoms with Crippen LogP contribution in [-0.2, 0) is 17.9 Å². The number of halogens is 4. The van der Waals surface area contributed by atoms with Crippen molar-refractivity contribution in [3.63, 3.8) is 0 Å². The third-order valence-electron chi connectivity index (χ3n) is 5.75. The minimum absolute atomic E-state index is 0.000504. The number of nitrogens with zero attached hydrogens (tertiary/aromatic N) is 4. The SMILES string of the molecule is O=C1N(Cc2ccc(F)cc2F)C(=O)C2(CC2)N1Cc1nnc(-c2ccc(F)c(O)c2F)s1. The van der Waals surface area contributed by atoms with Gasteiger partial charge in [0.2, 0.25) is 0 Å². The molecular weight excluding hydrogens is 464 g/mol. The number of urea groups is 1. The number of amides is 3. The topological polar surface area (TPSA) is 86.6 Å². The van der Waals surface area contributed by atoms with Crippen molar-refractivity contribution in [2.75, 3.05) is 0 Å². The minimum atomic E-state index is -1.18. The molecule has 2 aliphatic rings. The van der Waals surface area contributed by atoms with E-state index in [0.717, 1.165) is 34.4 Å². The maximum absolute atomic E-state index is 14.2. The molecule has 5 rings (SSSR count). The van der Waals surface area contributed by atoms with E-state index in [1.165, 1.54) is 11.0 Å². The Kier molecular flexibility index (Phi) is 4.85. The number of rotatable bonds is 5. The van der Waals surface area contributed by atoms with Crippen molar-refractivity contribution in [2.24, 2.45) is 0 Å². The lowest BCUT2D eigenvalue weighted by atomic mass is 10.2. The zero-order valence-corrected chi connectivity index (χ0v) is 17.5. The molecule has 2 aromatic carbocycles. The summed E-state index contributed by atoms with van der Waals surface area (Å²) in [7, 11) is 0. The first-order valence-electron chi connectivity index (χ1n) is 9.78. The lowest BCUT2D eigenvalue weighted by Gasteiger charge is -2.19.